The van der Waals surface area contributed by atoms with Crippen LogP contribution in [0.1, 0.15) is 0 Å². The second kappa shape index (κ2) is 4.09. The fourth-order valence-corrected chi connectivity index (χ4v) is 0.300. The Labute approximate surface area is 45.5 Å². The van der Waals surface area contributed by atoms with Gasteiger partial charge in [0.1, 0.15) is 0 Å². The van der Waals surface area contributed by atoms with Crippen molar-refractivity contribution in [3.05, 3.63) is 0 Å². The maximum absolute atomic E-state index is 3.93. The topological polar surface area (TPSA) is 17.3 Å². The molecule has 0 rings (SSSR count). The first-order valence-electron chi connectivity index (χ1n) is 2.47. The van der Waals surface area contributed by atoms with Gasteiger partial charge in [-0.15, -0.1) is 0 Å². The quantitative estimate of drug-likeness (QED) is 0.480. The van der Waals surface area contributed by atoms with E-state index in [2.05, 4.69) is 10.2 Å². The molecule has 2 heteroatoms. The van der Waals surface area contributed by atoms with Gasteiger partial charge in [-0.3, -0.25) is 0 Å². The third kappa shape index (κ3) is 5.92. The van der Waals surface area contributed by atoms with Crippen molar-refractivity contribution in [2.45, 2.75) is 0 Å². The molecule has 0 fully saturated rings. The fourth-order valence-electron chi connectivity index (χ4n) is 0.300. The van der Waals surface area contributed by atoms with Crippen LogP contribution in [0.15, 0.2) is 0 Å². The van der Waals surface area contributed by atoms with Crippen LogP contribution in [-0.2, 0) is 0 Å². The minimum absolute atomic E-state index is 0.951. The summed E-state index contributed by atoms with van der Waals surface area (Å²) >= 11 is 0. The highest BCUT2D eigenvalue weighted by Crippen LogP contribution is 1.68. The monoisotopic (exact) mass is 101 g/mol. The minimum atomic E-state index is 0.951. The van der Waals surface area contributed by atoms with E-state index in [-0.39, 0.29) is 0 Å². The van der Waals surface area contributed by atoms with E-state index in [1.165, 1.54) is 0 Å². The number of likely N-dealkylation sites (N-methyl/N-ethyl adjacent to an activating group) is 2. The summed E-state index contributed by atoms with van der Waals surface area (Å²) in [5.41, 5.74) is 0. The molecule has 0 aromatic heterocycles. The lowest BCUT2D eigenvalue weighted by Crippen LogP contribution is -2.20. The lowest BCUT2D eigenvalue weighted by molar-refractivity contribution is 0.405. The van der Waals surface area contributed by atoms with Crippen LogP contribution >= 0.6 is 0 Å². The molecule has 0 heterocycles. The zero-order valence-corrected chi connectivity index (χ0v) is 5.31. The Morgan fingerprint density at radius 3 is 2.14 bits per heavy atom. The van der Waals surface area contributed by atoms with Gasteiger partial charge in [0.25, 0.3) is 0 Å². The first-order chi connectivity index (χ1) is 3.27. The van der Waals surface area contributed by atoms with Crippen LogP contribution in [0.2, 0.25) is 0 Å². The Balaban J connectivity index is 2.68. The van der Waals surface area contributed by atoms with Crippen LogP contribution in [0.5, 0.6) is 0 Å². The molecule has 0 aliphatic carbocycles. The molecule has 0 unspecified atom stereocenters. The van der Waals surface area contributed by atoms with Gasteiger partial charge in [0, 0.05) is 20.1 Å². The van der Waals surface area contributed by atoms with Crippen LogP contribution in [0, 0.1) is 0 Å². The van der Waals surface area contributed by atoms with Gasteiger partial charge in [-0.05, 0) is 14.1 Å². The van der Waals surface area contributed by atoms with Crippen LogP contribution in [0.25, 0.3) is 0 Å². The predicted molar refractivity (Wildman–Crippen MR) is 31.5 cm³/mol. The van der Waals surface area contributed by atoms with E-state index in [0.29, 0.717) is 0 Å². The number of rotatable bonds is 3. The lowest BCUT2D eigenvalue weighted by Gasteiger charge is -2.05. The summed E-state index contributed by atoms with van der Waals surface area (Å²) in [5, 5.41) is 3.93. The Morgan fingerprint density at radius 2 is 2.00 bits per heavy atom. The van der Waals surface area contributed by atoms with Crippen molar-refractivity contribution in [2.75, 3.05) is 34.2 Å². The molecule has 2 nitrogen and oxygen atoms in total. The lowest BCUT2D eigenvalue weighted by atomic mass is 10.6. The molecule has 1 radical (unpaired) electrons. The Kier molecular flexibility index (Phi) is 4.04. The third-order valence-electron chi connectivity index (χ3n) is 0.771. The molecular weight excluding hydrogens is 88.1 g/mol. The zero-order valence-electron chi connectivity index (χ0n) is 5.31. The summed E-state index contributed by atoms with van der Waals surface area (Å²) in [6.45, 7) is 2.02. The van der Waals surface area contributed by atoms with E-state index in [1.807, 2.05) is 21.1 Å². The summed E-state index contributed by atoms with van der Waals surface area (Å²) in [7, 11) is 5.93. The SMILES string of the molecule is C[N]CCN(C)C. The summed E-state index contributed by atoms with van der Waals surface area (Å²) in [6, 6.07) is 0. The maximum atomic E-state index is 3.93. The second-order valence-corrected chi connectivity index (χ2v) is 1.84. The average Bonchev–Trinajstić information content (AvgIpc) is 1.61. The van der Waals surface area contributed by atoms with E-state index < -0.39 is 0 Å². The Hall–Kier alpha value is -0.0800. The van der Waals surface area contributed by atoms with Gasteiger partial charge in [-0.2, -0.15) is 0 Å². The van der Waals surface area contributed by atoms with Gasteiger partial charge in [0.05, 0.1) is 0 Å². The molecule has 7 heavy (non-hydrogen) atoms. The molecule has 0 aliphatic rings. The van der Waals surface area contributed by atoms with E-state index >= 15 is 0 Å². The molecule has 0 saturated heterocycles. The van der Waals surface area contributed by atoms with Crippen LogP contribution in [-0.4, -0.2) is 39.1 Å². The standard InChI is InChI=1S/C5H13N2/c1-6-4-5-7(2)3/h4-5H2,1-3H3. The van der Waals surface area contributed by atoms with Crippen molar-refractivity contribution < 1.29 is 0 Å². The van der Waals surface area contributed by atoms with Gasteiger partial charge in [-0.25, -0.2) is 5.32 Å². The molecule has 0 aliphatic heterocycles. The van der Waals surface area contributed by atoms with Crippen LogP contribution in [0.3, 0.4) is 0 Å². The summed E-state index contributed by atoms with van der Waals surface area (Å²) in [4.78, 5) is 2.12. The molecule has 0 atom stereocenters. The predicted octanol–water partition coefficient (Wildman–Crippen LogP) is -0.218. The highest BCUT2D eigenvalue weighted by atomic mass is 15.1. The van der Waals surface area contributed by atoms with Crippen LogP contribution < -0.4 is 5.32 Å². The summed E-state index contributed by atoms with van der Waals surface area (Å²) in [6.07, 6.45) is 0. The molecule has 0 saturated carbocycles. The van der Waals surface area contributed by atoms with E-state index in [4.69, 9.17) is 0 Å². The summed E-state index contributed by atoms with van der Waals surface area (Å²) in [5.74, 6) is 0. The van der Waals surface area contributed by atoms with Gasteiger partial charge in [-0.1, -0.05) is 0 Å². The van der Waals surface area contributed by atoms with Crippen molar-refractivity contribution in [1.29, 1.82) is 0 Å². The number of hydrogen-bond acceptors (Lipinski definition) is 1. The van der Waals surface area contributed by atoms with Crippen molar-refractivity contribution in [3.8, 4) is 0 Å². The maximum Gasteiger partial charge on any atom is 0.0257 e. The summed E-state index contributed by atoms with van der Waals surface area (Å²) < 4.78 is 0. The second-order valence-electron chi connectivity index (χ2n) is 1.84. The highest BCUT2D eigenvalue weighted by Gasteiger charge is 1.83. The van der Waals surface area contributed by atoms with E-state index in [1.54, 1.807) is 0 Å². The third-order valence-corrected chi connectivity index (χ3v) is 0.771. The molecule has 0 N–H and O–H groups in total. The zero-order chi connectivity index (χ0) is 5.70. The van der Waals surface area contributed by atoms with Gasteiger partial charge in [0.15, 0.2) is 0 Å². The van der Waals surface area contributed by atoms with Gasteiger partial charge >= 0.3 is 0 Å². The smallest absolute Gasteiger partial charge is 0.0257 e. The van der Waals surface area contributed by atoms with Crippen molar-refractivity contribution in [3.63, 3.8) is 0 Å². The first kappa shape index (κ1) is 6.92. The Bertz CT molecular complexity index is 35.1. The van der Waals surface area contributed by atoms with E-state index in [0.717, 1.165) is 13.1 Å². The number of nitrogens with zero attached hydrogens (tertiary/aromatic N) is 2. The minimum Gasteiger partial charge on any atom is -0.308 e. The Morgan fingerprint density at radius 1 is 1.43 bits per heavy atom. The average molecular weight is 101 g/mol. The van der Waals surface area contributed by atoms with Crippen molar-refractivity contribution in [2.24, 2.45) is 0 Å². The van der Waals surface area contributed by atoms with Crippen molar-refractivity contribution in [1.82, 2.24) is 10.2 Å². The molecule has 0 bridgehead atoms. The highest BCUT2D eigenvalue weighted by molar-refractivity contribution is 4.42. The molecule has 0 spiro atoms. The normalized spacial score (nSPS) is 10.3. The van der Waals surface area contributed by atoms with E-state index in [9.17, 15) is 0 Å². The van der Waals surface area contributed by atoms with Crippen LogP contribution in [0.4, 0.5) is 0 Å². The largest absolute Gasteiger partial charge is 0.308 e. The molecule has 43 valence electrons. The van der Waals surface area contributed by atoms with Gasteiger partial charge in [0.2, 0.25) is 0 Å². The molecule has 0 aromatic carbocycles. The van der Waals surface area contributed by atoms with Gasteiger partial charge < -0.3 is 4.90 Å². The van der Waals surface area contributed by atoms with Crippen molar-refractivity contribution >= 4 is 0 Å². The molecule has 0 amide bonds. The fraction of sp³-hybridized carbons (Fsp3) is 1.00. The number of hydrogen-bond donors (Lipinski definition) is 0. The molecule has 0 aromatic rings. The first-order valence-corrected chi connectivity index (χ1v) is 2.47. The molecular formula is C5H13N2.